The number of aromatic nitrogens is 3. The molecule has 0 saturated carbocycles. The first-order valence-corrected chi connectivity index (χ1v) is 6.03. The number of hydrogen-bond donors (Lipinski definition) is 1. The standard InChI is InChI=1S/C11H11BrN4/c12-9-4-2-1-3-8(9)11-15-14-10-7-13-5-6-16(10)11/h1-4,13H,5-7H2. The molecular weight excluding hydrogens is 268 g/mol. The summed E-state index contributed by atoms with van der Waals surface area (Å²) in [6, 6.07) is 8.10. The highest BCUT2D eigenvalue weighted by Gasteiger charge is 2.17. The van der Waals surface area contributed by atoms with Gasteiger partial charge in [0.15, 0.2) is 5.82 Å². The molecule has 1 aromatic carbocycles. The number of nitrogens with one attached hydrogen (secondary N) is 1. The van der Waals surface area contributed by atoms with Gasteiger partial charge in [0, 0.05) is 23.1 Å². The molecule has 0 radical (unpaired) electrons. The number of fused-ring (bicyclic) bond motifs is 1. The quantitative estimate of drug-likeness (QED) is 0.865. The van der Waals surface area contributed by atoms with E-state index in [2.05, 4.69) is 42.1 Å². The Bertz CT molecular complexity index is 520. The van der Waals surface area contributed by atoms with E-state index < -0.39 is 0 Å². The highest BCUT2D eigenvalue weighted by Crippen LogP contribution is 2.27. The number of nitrogens with zero attached hydrogens (tertiary/aromatic N) is 3. The zero-order valence-corrected chi connectivity index (χ0v) is 10.2. The molecule has 4 nitrogen and oxygen atoms in total. The lowest BCUT2D eigenvalue weighted by Crippen LogP contribution is -2.28. The molecule has 5 heteroatoms. The van der Waals surface area contributed by atoms with Crippen molar-refractivity contribution in [2.24, 2.45) is 0 Å². The minimum atomic E-state index is 0.803. The van der Waals surface area contributed by atoms with E-state index in [0.29, 0.717) is 0 Å². The Kier molecular flexibility index (Phi) is 2.49. The number of hydrogen-bond acceptors (Lipinski definition) is 3. The first-order valence-electron chi connectivity index (χ1n) is 5.24. The highest BCUT2D eigenvalue weighted by molar-refractivity contribution is 9.10. The Morgan fingerprint density at radius 3 is 3.00 bits per heavy atom. The highest BCUT2D eigenvalue weighted by atomic mass is 79.9. The zero-order chi connectivity index (χ0) is 11.0. The molecule has 1 aromatic heterocycles. The van der Waals surface area contributed by atoms with Crippen LogP contribution in [0.2, 0.25) is 0 Å². The Balaban J connectivity index is 2.13. The summed E-state index contributed by atoms with van der Waals surface area (Å²) < 4.78 is 3.24. The molecule has 0 spiro atoms. The first kappa shape index (κ1) is 9.99. The fraction of sp³-hybridized carbons (Fsp3) is 0.273. The van der Waals surface area contributed by atoms with Crippen molar-refractivity contribution in [1.29, 1.82) is 0 Å². The van der Waals surface area contributed by atoms with Crippen LogP contribution in [0, 0.1) is 0 Å². The van der Waals surface area contributed by atoms with Crippen molar-refractivity contribution in [3.63, 3.8) is 0 Å². The fourth-order valence-corrected chi connectivity index (χ4v) is 2.40. The van der Waals surface area contributed by atoms with E-state index in [1.807, 2.05) is 18.2 Å². The molecule has 2 heterocycles. The van der Waals surface area contributed by atoms with E-state index in [-0.39, 0.29) is 0 Å². The SMILES string of the molecule is Brc1ccccc1-c1nnc2n1CCNC2. The van der Waals surface area contributed by atoms with Crippen molar-refractivity contribution in [3.8, 4) is 11.4 Å². The Morgan fingerprint density at radius 2 is 2.12 bits per heavy atom. The average molecular weight is 279 g/mol. The maximum absolute atomic E-state index is 4.27. The van der Waals surface area contributed by atoms with Gasteiger partial charge in [-0.25, -0.2) is 0 Å². The normalized spacial score (nSPS) is 14.8. The van der Waals surface area contributed by atoms with Crippen LogP contribution in [0.3, 0.4) is 0 Å². The molecule has 82 valence electrons. The molecule has 1 aliphatic heterocycles. The summed E-state index contributed by atoms with van der Waals surface area (Å²) in [7, 11) is 0. The number of benzene rings is 1. The molecule has 3 rings (SSSR count). The van der Waals surface area contributed by atoms with Crippen LogP contribution < -0.4 is 5.32 Å². The van der Waals surface area contributed by atoms with Crippen LogP contribution in [0.1, 0.15) is 5.82 Å². The van der Waals surface area contributed by atoms with Crippen LogP contribution in [-0.4, -0.2) is 21.3 Å². The van der Waals surface area contributed by atoms with E-state index in [1.54, 1.807) is 0 Å². The van der Waals surface area contributed by atoms with Gasteiger partial charge in [-0.1, -0.05) is 34.1 Å². The largest absolute Gasteiger partial charge is 0.309 e. The van der Waals surface area contributed by atoms with Gasteiger partial charge in [-0.3, -0.25) is 0 Å². The van der Waals surface area contributed by atoms with Crippen molar-refractivity contribution in [1.82, 2.24) is 20.1 Å². The molecule has 0 saturated heterocycles. The smallest absolute Gasteiger partial charge is 0.165 e. The van der Waals surface area contributed by atoms with Crippen molar-refractivity contribution < 1.29 is 0 Å². The van der Waals surface area contributed by atoms with Gasteiger partial charge < -0.3 is 9.88 Å². The topological polar surface area (TPSA) is 42.7 Å². The molecule has 0 amide bonds. The summed E-state index contributed by atoms with van der Waals surface area (Å²) >= 11 is 3.55. The fourth-order valence-electron chi connectivity index (χ4n) is 1.93. The van der Waals surface area contributed by atoms with Crippen molar-refractivity contribution in [2.45, 2.75) is 13.1 Å². The lowest BCUT2D eigenvalue weighted by atomic mass is 10.2. The van der Waals surface area contributed by atoms with E-state index in [0.717, 1.165) is 41.3 Å². The Labute approximate surface area is 102 Å². The number of halogens is 1. The first-order chi connectivity index (χ1) is 7.86. The van der Waals surface area contributed by atoms with Crippen molar-refractivity contribution >= 4 is 15.9 Å². The summed E-state index contributed by atoms with van der Waals surface area (Å²) in [6.45, 7) is 2.71. The second kappa shape index (κ2) is 3.99. The summed E-state index contributed by atoms with van der Waals surface area (Å²) in [5.74, 6) is 1.96. The van der Waals surface area contributed by atoms with Gasteiger partial charge in [-0.15, -0.1) is 10.2 Å². The van der Waals surface area contributed by atoms with Crippen LogP contribution in [0.5, 0.6) is 0 Å². The van der Waals surface area contributed by atoms with E-state index >= 15 is 0 Å². The van der Waals surface area contributed by atoms with Gasteiger partial charge in [-0.05, 0) is 6.07 Å². The van der Waals surface area contributed by atoms with E-state index in [4.69, 9.17) is 0 Å². The Morgan fingerprint density at radius 1 is 1.25 bits per heavy atom. The van der Waals surface area contributed by atoms with Crippen LogP contribution >= 0.6 is 15.9 Å². The third-order valence-corrected chi connectivity index (χ3v) is 3.43. The van der Waals surface area contributed by atoms with Gasteiger partial charge in [0.25, 0.3) is 0 Å². The second-order valence-corrected chi connectivity index (χ2v) is 4.60. The van der Waals surface area contributed by atoms with Crippen LogP contribution in [0.25, 0.3) is 11.4 Å². The monoisotopic (exact) mass is 278 g/mol. The molecule has 0 aliphatic carbocycles. The molecule has 1 N–H and O–H groups in total. The van der Waals surface area contributed by atoms with Crippen molar-refractivity contribution in [3.05, 3.63) is 34.6 Å². The summed E-state index contributed by atoms with van der Waals surface area (Å²) in [5, 5.41) is 11.8. The molecule has 0 atom stereocenters. The van der Waals surface area contributed by atoms with E-state index in [9.17, 15) is 0 Å². The maximum Gasteiger partial charge on any atom is 0.165 e. The van der Waals surface area contributed by atoms with Gasteiger partial charge in [0.2, 0.25) is 0 Å². The lowest BCUT2D eigenvalue weighted by Gasteiger charge is -2.16. The van der Waals surface area contributed by atoms with Crippen molar-refractivity contribution in [2.75, 3.05) is 6.54 Å². The molecule has 2 aromatic rings. The van der Waals surface area contributed by atoms with Gasteiger partial charge in [-0.2, -0.15) is 0 Å². The molecule has 0 unspecified atom stereocenters. The predicted molar refractivity (Wildman–Crippen MR) is 64.9 cm³/mol. The molecule has 16 heavy (non-hydrogen) atoms. The molecular formula is C11H11BrN4. The van der Waals surface area contributed by atoms with Crippen LogP contribution in [-0.2, 0) is 13.1 Å². The molecule has 0 bridgehead atoms. The van der Waals surface area contributed by atoms with Gasteiger partial charge in [0.1, 0.15) is 5.82 Å². The minimum Gasteiger partial charge on any atom is -0.309 e. The third kappa shape index (κ3) is 1.56. The second-order valence-electron chi connectivity index (χ2n) is 3.75. The number of rotatable bonds is 1. The zero-order valence-electron chi connectivity index (χ0n) is 8.65. The molecule has 1 aliphatic rings. The molecule has 0 fully saturated rings. The van der Waals surface area contributed by atoms with Gasteiger partial charge in [0.05, 0.1) is 6.54 Å². The van der Waals surface area contributed by atoms with Gasteiger partial charge >= 0.3 is 0 Å². The maximum atomic E-state index is 4.27. The summed E-state index contributed by atoms with van der Waals surface area (Å²) in [5.41, 5.74) is 1.10. The predicted octanol–water partition coefficient (Wildman–Crippen LogP) is 1.81. The lowest BCUT2D eigenvalue weighted by molar-refractivity contribution is 0.508. The minimum absolute atomic E-state index is 0.803. The average Bonchev–Trinajstić information content (AvgIpc) is 2.74. The van der Waals surface area contributed by atoms with Crippen LogP contribution in [0.4, 0.5) is 0 Å². The summed E-state index contributed by atoms with van der Waals surface area (Å²) in [4.78, 5) is 0. The summed E-state index contributed by atoms with van der Waals surface area (Å²) in [6.07, 6.45) is 0. The third-order valence-electron chi connectivity index (χ3n) is 2.74. The van der Waals surface area contributed by atoms with Crippen LogP contribution in [0.15, 0.2) is 28.7 Å². The Hall–Kier alpha value is -1.20. The van der Waals surface area contributed by atoms with E-state index in [1.165, 1.54) is 0 Å².